The van der Waals surface area contributed by atoms with E-state index in [-0.39, 0.29) is 17.2 Å². The third kappa shape index (κ3) is 2.65. The first-order chi connectivity index (χ1) is 11.7. The van der Waals surface area contributed by atoms with Gasteiger partial charge in [0.05, 0.1) is 7.11 Å². The minimum atomic E-state index is -0.560. The lowest BCUT2D eigenvalue weighted by Gasteiger charge is -2.19. The van der Waals surface area contributed by atoms with Crippen LogP contribution in [-0.2, 0) is 4.74 Å². The maximum Gasteiger partial charge on any atom is 0.341 e. The zero-order valence-corrected chi connectivity index (χ0v) is 13.4. The van der Waals surface area contributed by atoms with Gasteiger partial charge in [0, 0.05) is 11.5 Å². The van der Waals surface area contributed by atoms with Crippen LogP contribution in [0.4, 0.5) is 0 Å². The number of ether oxygens (including phenoxy) is 1. The highest BCUT2D eigenvalue weighted by molar-refractivity contribution is 6.01. The van der Waals surface area contributed by atoms with Gasteiger partial charge in [-0.1, -0.05) is 60.7 Å². The third-order valence-electron chi connectivity index (χ3n) is 4.17. The van der Waals surface area contributed by atoms with Crippen LogP contribution in [0.1, 0.15) is 27.4 Å². The van der Waals surface area contributed by atoms with Gasteiger partial charge in [0.1, 0.15) is 11.3 Å². The molecule has 0 aromatic heterocycles. The van der Waals surface area contributed by atoms with Crippen molar-refractivity contribution in [3.05, 3.63) is 90.0 Å². The summed E-state index contributed by atoms with van der Waals surface area (Å²) in [5.41, 5.74) is 1.82. The Kier molecular flexibility index (Phi) is 4.34. The summed E-state index contributed by atoms with van der Waals surface area (Å²) >= 11 is 0. The Bertz CT molecular complexity index is 898. The maximum absolute atomic E-state index is 12.1. The topological polar surface area (TPSA) is 46.5 Å². The van der Waals surface area contributed by atoms with Crippen LogP contribution < -0.4 is 0 Å². The summed E-state index contributed by atoms with van der Waals surface area (Å²) in [5, 5.41) is 12.6. The van der Waals surface area contributed by atoms with Gasteiger partial charge >= 0.3 is 5.97 Å². The van der Waals surface area contributed by atoms with Gasteiger partial charge in [0.2, 0.25) is 0 Å². The van der Waals surface area contributed by atoms with E-state index in [2.05, 4.69) is 6.58 Å². The summed E-state index contributed by atoms with van der Waals surface area (Å²) < 4.78 is 4.82. The van der Waals surface area contributed by atoms with E-state index in [1.54, 1.807) is 12.1 Å². The minimum absolute atomic E-state index is 0.0608. The highest BCUT2D eigenvalue weighted by Gasteiger charge is 2.23. The number of benzene rings is 3. The van der Waals surface area contributed by atoms with E-state index in [0.29, 0.717) is 5.56 Å². The molecule has 120 valence electrons. The van der Waals surface area contributed by atoms with E-state index >= 15 is 0 Å². The molecule has 0 fully saturated rings. The Labute approximate surface area is 140 Å². The highest BCUT2D eigenvalue weighted by atomic mass is 16.5. The monoisotopic (exact) mass is 318 g/mol. The van der Waals surface area contributed by atoms with E-state index in [1.807, 2.05) is 54.6 Å². The fourth-order valence-electron chi connectivity index (χ4n) is 3.03. The van der Waals surface area contributed by atoms with Crippen molar-refractivity contribution >= 4 is 16.7 Å². The first-order valence-corrected chi connectivity index (χ1v) is 7.67. The molecular weight excluding hydrogens is 300 g/mol. The molecule has 0 saturated carbocycles. The molecule has 0 spiro atoms. The zero-order valence-electron chi connectivity index (χ0n) is 13.4. The van der Waals surface area contributed by atoms with Gasteiger partial charge < -0.3 is 9.84 Å². The van der Waals surface area contributed by atoms with Gasteiger partial charge in [0.25, 0.3) is 0 Å². The molecule has 0 bridgehead atoms. The van der Waals surface area contributed by atoms with Crippen LogP contribution in [0.2, 0.25) is 0 Å². The van der Waals surface area contributed by atoms with E-state index in [1.165, 1.54) is 7.11 Å². The Balaban J connectivity index is 2.34. The second-order valence-electron chi connectivity index (χ2n) is 5.52. The van der Waals surface area contributed by atoms with E-state index in [0.717, 1.165) is 16.3 Å². The molecule has 0 heterocycles. The van der Waals surface area contributed by atoms with Crippen molar-refractivity contribution in [1.82, 2.24) is 0 Å². The van der Waals surface area contributed by atoms with Gasteiger partial charge in [-0.3, -0.25) is 0 Å². The highest BCUT2D eigenvalue weighted by Crippen LogP contribution is 2.40. The number of fused-ring (bicyclic) bond motifs is 1. The number of carbonyl (C=O) groups is 1. The molecule has 0 aliphatic rings. The molecule has 3 aromatic carbocycles. The van der Waals surface area contributed by atoms with Crippen molar-refractivity contribution in [2.75, 3.05) is 7.11 Å². The number of hydrogen-bond acceptors (Lipinski definition) is 3. The lowest BCUT2D eigenvalue weighted by Crippen LogP contribution is -2.06. The van der Waals surface area contributed by atoms with Crippen LogP contribution in [0.5, 0.6) is 5.75 Å². The first-order valence-electron chi connectivity index (χ1n) is 7.67. The first kappa shape index (κ1) is 15.8. The molecule has 3 rings (SSSR count). The normalized spacial score (nSPS) is 11.9. The fourth-order valence-corrected chi connectivity index (χ4v) is 3.03. The number of hydrogen-bond donors (Lipinski definition) is 1. The van der Waals surface area contributed by atoms with E-state index in [9.17, 15) is 9.90 Å². The lowest BCUT2D eigenvalue weighted by atomic mass is 9.85. The van der Waals surface area contributed by atoms with Gasteiger partial charge in [-0.15, -0.1) is 6.58 Å². The number of carbonyl (C=O) groups excluding carboxylic acids is 1. The van der Waals surface area contributed by atoms with Crippen LogP contribution in [0.3, 0.4) is 0 Å². The Morgan fingerprint density at radius 3 is 2.46 bits per heavy atom. The van der Waals surface area contributed by atoms with Gasteiger partial charge in [-0.05, 0) is 22.4 Å². The van der Waals surface area contributed by atoms with Crippen molar-refractivity contribution < 1.29 is 14.6 Å². The molecule has 0 aliphatic heterocycles. The number of rotatable bonds is 4. The quantitative estimate of drug-likeness (QED) is 0.562. The molecule has 0 amide bonds. The molecule has 0 unspecified atom stereocenters. The van der Waals surface area contributed by atoms with Crippen molar-refractivity contribution in [2.45, 2.75) is 5.92 Å². The van der Waals surface area contributed by atoms with Crippen LogP contribution in [0.15, 0.2) is 73.3 Å². The standard InChI is InChI=1S/C21H18O3/c1-3-16(14-9-5-4-6-10-14)19-17-12-8-7-11-15(17)13-18(20(19)22)21(23)24-2/h3-13,16,22H,1H2,2H3/t16-/m0/s1. The number of esters is 1. The second kappa shape index (κ2) is 6.59. The van der Waals surface area contributed by atoms with Crippen molar-refractivity contribution in [1.29, 1.82) is 0 Å². The summed E-state index contributed by atoms with van der Waals surface area (Å²) in [6.45, 7) is 3.93. The van der Waals surface area contributed by atoms with Crippen molar-refractivity contribution in [3.8, 4) is 5.75 Å². The molecule has 0 aliphatic carbocycles. The molecule has 0 saturated heterocycles. The molecule has 3 aromatic rings. The van der Waals surface area contributed by atoms with Crippen LogP contribution in [0, 0.1) is 0 Å². The average Bonchev–Trinajstić information content (AvgIpc) is 2.64. The van der Waals surface area contributed by atoms with Crippen LogP contribution in [-0.4, -0.2) is 18.2 Å². The predicted octanol–water partition coefficient (Wildman–Crippen LogP) is 4.65. The Morgan fingerprint density at radius 1 is 1.12 bits per heavy atom. The van der Waals surface area contributed by atoms with Gasteiger partial charge in [-0.2, -0.15) is 0 Å². The molecule has 1 atom stereocenters. The summed E-state index contributed by atoms with van der Waals surface area (Å²) in [5.74, 6) is -0.856. The minimum Gasteiger partial charge on any atom is -0.507 e. The summed E-state index contributed by atoms with van der Waals surface area (Å²) in [6.07, 6.45) is 1.78. The van der Waals surface area contributed by atoms with Crippen LogP contribution in [0.25, 0.3) is 10.8 Å². The average molecular weight is 318 g/mol. The van der Waals surface area contributed by atoms with Gasteiger partial charge in [0.15, 0.2) is 0 Å². The van der Waals surface area contributed by atoms with Crippen molar-refractivity contribution in [3.63, 3.8) is 0 Å². The number of phenols is 1. The number of methoxy groups -OCH3 is 1. The van der Waals surface area contributed by atoms with Crippen LogP contribution >= 0.6 is 0 Å². The SMILES string of the molecule is C=C[C@@H](c1ccccc1)c1c(O)c(C(=O)OC)cc2ccccc12. The summed E-state index contributed by atoms with van der Waals surface area (Å²) in [4.78, 5) is 12.1. The number of aromatic hydroxyl groups is 1. The molecule has 24 heavy (non-hydrogen) atoms. The smallest absolute Gasteiger partial charge is 0.341 e. The van der Waals surface area contributed by atoms with Gasteiger partial charge in [-0.25, -0.2) is 4.79 Å². The van der Waals surface area contributed by atoms with E-state index in [4.69, 9.17) is 4.74 Å². The lowest BCUT2D eigenvalue weighted by molar-refractivity contribution is 0.0597. The Hall–Kier alpha value is -3.07. The molecule has 1 N–H and O–H groups in total. The molecule has 3 nitrogen and oxygen atoms in total. The van der Waals surface area contributed by atoms with E-state index < -0.39 is 5.97 Å². The van der Waals surface area contributed by atoms with Crippen molar-refractivity contribution in [2.24, 2.45) is 0 Å². The molecule has 0 radical (unpaired) electrons. The number of phenolic OH excluding ortho intramolecular Hbond substituents is 1. The fraction of sp³-hybridized carbons (Fsp3) is 0.0952. The largest absolute Gasteiger partial charge is 0.507 e. The number of allylic oxidation sites excluding steroid dienone is 1. The molecular formula is C21H18O3. The Morgan fingerprint density at radius 2 is 1.79 bits per heavy atom. The maximum atomic E-state index is 12.1. The predicted molar refractivity (Wildman–Crippen MR) is 95.4 cm³/mol. The summed E-state index contributed by atoms with van der Waals surface area (Å²) in [6, 6.07) is 19.1. The zero-order chi connectivity index (χ0) is 17.1. The third-order valence-corrected chi connectivity index (χ3v) is 4.17. The molecule has 3 heteroatoms. The second-order valence-corrected chi connectivity index (χ2v) is 5.52. The summed E-state index contributed by atoms with van der Waals surface area (Å²) in [7, 11) is 1.30.